The van der Waals surface area contributed by atoms with Crippen molar-refractivity contribution in [2.75, 3.05) is 0 Å². The molecule has 0 radical (unpaired) electrons. The van der Waals surface area contributed by atoms with Crippen molar-refractivity contribution in [3.05, 3.63) is 71.8 Å². The van der Waals surface area contributed by atoms with Gasteiger partial charge in [0.05, 0.1) is 0 Å². The zero-order chi connectivity index (χ0) is 18.8. The van der Waals surface area contributed by atoms with Gasteiger partial charge < -0.3 is 10.1 Å². The molecule has 0 saturated heterocycles. The second-order valence-electron chi connectivity index (χ2n) is 7.64. The molecular formula is C23H25FN2O. The second-order valence-corrected chi connectivity index (χ2v) is 7.64. The molecule has 3 aromatic rings. The van der Waals surface area contributed by atoms with Gasteiger partial charge in [0.2, 0.25) is 0 Å². The van der Waals surface area contributed by atoms with Gasteiger partial charge in [0.25, 0.3) is 0 Å². The number of nitrogens with zero attached hydrogens (tertiary/aromatic N) is 1. The number of fused-ring (bicyclic) bond motifs is 1. The quantitative estimate of drug-likeness (QED) is 0.653. The lowest BCUT2D eigenvalue weighted by molar-refractivity contribution is 0.0842. The highest BCUT2D eigenvalue weighted by molar-refractivity contribution is 5.84. The van der Waals surface area contributed by atoms with Gasteiger partial charge in [0.1, 0.15) is 17.7 Å². The predicted molar refractivity (Wildman–Crippen MR) is 107 cm³/mol. The maximum atomic E-state index is 13.8. The SMILES string of the molecule is CC(C)c1cc(O[C@H]2C[C@H](NCc3cccc4cnccc34)C2)ccc1F. The van der Waals surface area contributed by atoms with E-state index in [-0.39, 0.29) is 17.8 Å². The van der Waals surface area contributed by atoms with Crippen LogP contribution in [0.25, 0.3) is 10.8 Å². The summed E-state index contributed by atoms with van der Waals surface area (Å²) in [6, 6.07) is 13.9. The lowest BCUT2D eigenvalue weighted by Crippen LogP contribution is -2.46. The number of nitrogens with one attached hydrogen (secondary N) is 1. The molecule has 27 heavy (non-hydrogen) atoms. The Morgan fingerprint density at radius 1 is 1.19 bits per heavy atom. The molecule has 1 saturated carbocycles. The number of rotatable bonds is 6. The molecule has 3 nitrogen and oxygen atoms in total. The summed E-state index contributed by atoms with van der Waals surface area (Å²) in [5.41, 5.74) is 2.01. The van der Waals surface area contributed by atoms with Crippen LogP contribution in [0.2, 0.25) is 0 Å². The minimum absolute atomic E-state index is 0.153. The predicted octanol–water partition coefficient (Wildman–Crippen LogP) is 5.20. The van der Waals surface area contributed by atoms with E-state index in [2.05, 4.69) is 34.6 Å². The maximum Gasteiger partial charge on any atom is 0.126 e. The Morgan fingerprint density at radius 2 is 2.04 bits per heavy atom. The number of ether oxygens (including phenoxy) is 1. The van der Waals surface area contributed by atoms with Crippen molar-refractivity contribution in [2.45, 2.75) is 51.3 Å². The largest absolute Gasteiger partial charge is 0.490 e. The van der Waals surface area contributed by atoms with E-state index in [4.69, 9.17) is 4.74 Å². The molecule has 0 aliphatic heterocycles. The highest BCUT2D eigenvalue weighted by atomic mass is 19.1. The average Bonchev–Trinajstić information content (AvgIpc) is 2.64. The minimum atomic E-state index is -0.157. The van der Waals surface area contributed by atoms with Crippen molar-refractivity contribution in [3.8, 4) is 5.75 Å². The number of aromatic nitrogens is 1. The first-order valence-electron chi connectivity index (χ1n) is 9.61. The molecule has 1 fully saturated rings. The number of hydrogen-bond acceptors (Lipinski definition) is 3. The van der Waals surface area contributed by atoms with Gasteiger partial charge in [-0.3, -0.25) is 4.98 Å². The van der Waals surface area contributed by atoms with E-state index in [0.717, 1.165) is 25.1 Å². The van der Waals surface area contributed by atoms with Crippen LogP contribution in [0.5, 0.6) is 5.75 Å². The summed E-state index contributed by atoms with van der Waals surface area (Å²) in [7, 11) is 0. The standard InChI is InChI=1S/C23H25FN2O/c1-15(2)22-12-19(6-7-23(22)24)27-20-10-18(11-20)26-14-17-5-3-4-16-13-25-9-8-21(16)17/h3-9,12-13,15,18,20,26H,10-11,14H2,1-2H3/t18-,20-. The first-order valence-corrected chi connectivity index (χ1v) is 9.61. The van der Waals surface area contributed by atoms with E-state index >= 15 is 0 Å². The number of halogens is 1. The Morgan fingerprint density at radius 3 is 2.85 bits per heavy atom. The fraction of sp³-hybridized carbons (Fsp3) is 0.348. The van der Waals surface area contributed by atoms with Gasteiger partial charge >= 0.3 is 0 Å². The Hall–Kier alpha value is -2.46. The van der Waals surface area contributed by atoms with Crippen LogP contribution >= 0.6 is 0 Å². The lowest BCUT2D eigenvalue weighted by Gasteiger charge is -2.36. The first-order chi connectivity index (χ1) is 13.1. The summed E-state index contributed by atoms with van der Waals surface area (Å²) in [6.45, 7) is 4.83. The third-order valence-electron chi connectivity index (χ3n) is 5.34. The van der Waals surface area contributed by atoms with E-state index < -0.39 is 0 Å². The van der Waals surface area contributed by atoms with Crippen LogP contribution in [0.4, 0.5) is 4.39 Å². The third kappa shape index (κ3) is 3.96. The Labute approximate surface area is 159 Å². The maximum absolute atomic E-state index is 13.8. The summed E-state index contributed by atoms with van der Waals surface area (Å²) in [5, 5.41) is 6.04. The topological polar surface area (TPSA) is 34.1 Å². The van der Waals surface area contributed by atoms with Gasteiger partial charge in [-0.15, -0.1) is 0 Å². The molecule has 140 valence electrons. The summed E-state index contributed by atoms with van der Waals surface area (Å²) in [6.07, 6.45) is 5.89. The molecule has 0 spiro atoms. The van der Waals surface area contributed by atoms with E-state index in [1.165, 1.54) is 22.4 Å². The van der Waals surface area contributed by atoms with Crippen LogP contribution in [-0.2, 0) is 6.54 Å². The van der Waals surface area contributed by atoms with E-state index in [1.54, 1.807) is 6.07 Å². The molecule has 0 unspecified atom stereocenters. The monoisotopic (exact) mass is 364 g/mol. The number of benzene rings is 2. The zero-order valence-electron chi connectivity index (χ0n) is 15.8. The van der Waals surface area contributed by atoms with E-state index in [9.17, 15) is 4.39 Å². The summed E-state index contributed by atoms with van der Waals surface area (Å²) in [5.74, 6) is 0.765. The van der Waals surface area contributed by atoms with Crippen LogP contribution < -0.4 is 10.1 Å². The van der Waals surface area contributed by atoms with Crippen LogP contribution in [0.1, 0.15) is 43.7 Å². The highest BCUT2D eigenvalue weighted by Crippen LogP contribution is 2.29. The van der Waals surface area contributed by atoms with Crippen molar-refractivity contribution in [3.63, 3.8) is 0 Å². The summed E-state index contributed by atoms with van der Waals surface area (Å²) < 4.78 is 19.9. The minimum Gasteiger partial charge on any atom is -0.490 e. The van der Waals surface area contributed by atoms with Crippen LogP contribution in [0.15, 0.2) is 54.9 Å². The van der Waals surface area contributed by atoms with Crippen molar-refractivity contribution < 1.29 is 9.13 Å². The van der Waals surface area contributed by atoms with Gasteiger partial charge in [-0.25, -0.2) is 4.39 Å². The van der Waals surface area contributed by atoms with Gasteiger partial charge in [-0.2, -0.15) is 0 Å². The molecule has 0 amide bonds. The first kappa shape index (κ1) is 17.9. The van der Waals surface area contributed by atoms with Gasteiger partial charge in [-0.1, -0.05) is 32.0 Å². The van der Waals surface area contributed by atoms with E-state index in [1.807, 2.05) is 32.3 Å². The molecule has 1 aromatic heterocycles. The summed E-state index contributed by atoms with van der Waals surface area (Å²) >= 11 is 0. The molecule has 4 rings (SSSR count). The fourth-order valence-corrected chi connectivity index (χ4v) is 3.66. The van der Waals surface area contributed by atoms with Crippen molar-refractivity contribution in [1.29, 1.82) is 0 Å². The summed E-state index contributed by atoms with van der Waals surface area (Å²) in [4.78, 5) is 4.19. The van der Waals surface area contributed by atoms with Crippen LogP contribution in [0, 0.1) is 5.82 Å². The van der Waals surface area contributed by atoms with Gasteiger partial charge in [0, 0.05) is 30.4 Å². The highest BCUT2D eigenvalue weighted by Gasteiger charge is 2.30. The Balaban J connectivity index is 1.31. The molecule has 4 heteroatoms. The Bertz CT molecular complexity index is 929. The van der Waals surface area contributed by atoms with Crippen LogP contribution in [-0.4, -0.2) is 17.1 Å². The van der Waals surface area contributed by atoms with Gasteiger partial charge in [-0.05, 0) is 59.5 Å². The number of hydrogen-bond donors (Lipinski definition) is 1. The second kappa shape index (κ2) is 7.65. The average molecular weight is 364 g/mol. The molecule has 1 heterocycles. The van der Waals surface area contributed by atoms with Crippen molar-refractivity contribution in [1.82, 2.24) is 10.3 Å². The van der Waals surface area contributed by atoms with Crippen molar-refractivity contribution in [2.24, 2.45) is 0 Å². The molecule has 1 aliphatic carbocycles. The fourth-order valence-electron chi connectivity index (χ4n) is 3.66. The normalized spacial score (nSPS) is 19.3. The zero-order valence-corrected chi connectivity index (χ0v) is 15.8. The third-order valence-corrected chi connectivity index (χ3v) is 5.34. The molecular weight excluding hydrogens is 339 g/mol. The van der Waals surface area contributed by atoms with Gasteiger partial charge in [0.15, 0.2) is 0 Å². The molecule has 1 aliphatic rings. The lowest BCUT2D eigenvalue weighted by atomic mass is 9.89. The molecule has 0 bridgehead atoms. The Kier molecular flexibility index (Phi) is 5.08. The van der Waals surface area contributed by atoms with E-state index in [0.29, 0.717) is 11.6 Å². The molecule has 0 atom stereocenters. The molecule has 1 N–H and O–H groups in total. The molecule has 2 aromatic carbocycles. The number of pyridine rings is 1. The van der Waals surface area contributed by atoms with Crippen LogP contribution in [0.3, 0.4) is 0 Å². The van der Waals surface area contributed by atoms with Crippen molar-refractivity contribution >= 4 is 10.8 Å². The smallest absolute Gasteiger partial charge is 0.126 e.